The van der Waals surface area contributed by atoms with Crippen molar-refractivity contribution in [1.29, 1.82) is 0 Å². The molecule has 3 N–H and O–H groups in total. The minimum absolute atomic E-state index is 0.0761. The normalized spacial score (nSPS) is 11.8. The molecule has 1 heterocycles. The number of aryl methyl sites for hydroxylation is 1. The molecule has 0 atom stereocenters. The topological polar surface area (TPSA) is 98.2 Å². The van der Waals surface area contributed by atoms with Gasteiger partial charge in [-0.25, -0.2) is 17.5 Å². The minimum Gasteiger partial charge on any atom is -0.396 e. The Morgan fingerprint density at radius 1 is 1.45 bits per heavy atom. The van der Waals surface area contributed by atoms with E-state index < -0.39 is 15.8 Å². The van der Waals surface area contributed by atoms with E-state index in [1.165, 1.54) is 0 Å². The summed E-state index contributed by atoms with van der Waals surface area (Å²) >= 11 is 5.72. The fourth-order valence-corrected chi connectivity index (χ4v) is 3.04. The zero-order valence-corrected chi connectivity index (χ0v) is 11.9. The van der Waals surface area contributed by atoms with Gasteiger partial charge in [-0.15, -0.1) is 0 Å². The van der Waals surface area contributed by atoms with Crippen molar-refractivity contribution in [3.63, 3.8) is 0 Å². The second-order valence-electron chi connectivity index (χ2n) is 4.06. The van der Waals surface area contributed by atoms with Gasteiger partial charge in [0.2, 0.25) is 10.0 Å². The Hall–Kier alpha value is -1.64. The fraction of sp³-hybridized carbons (Fsp3) is 0.182. The molecule has 0 saturated carbocycles. The summed E-state index contributed by atoms with van der Waals surface area (Å²) < 4.78 is 44.4. The first kappa shape index (κ1) is 14.8. The highest BCUT2D eigenvalue weighted by Crippen LogP contribution is 2.26. The van der Waals surface area contributed by atoms with E-state index in [0.29, 0.717) is 11.5 Å². The first-order chi connectivity index (χ1) is 9.29. The minimum atomic E-state index is -3.93. The number of hydrogen-bond acceptors (Lipinski definition) is 5. The number of hydrogen-bond donors (Lipinski definition) is 2. The van der Waals surface area contributed by atoms with E-state index in [9.17, 15) is 12.8 Å². The maximum atomic E-state index is 13.2. The molecule has 0 saturated heterocycles. The summed E-state index contributed by atoms with van der Waals surface area (Å²) in [6, 6.07) is 3.41. The van der Waals surface area contributed by atoms with Crippen molar-refractivity contribution in [3.05, 3.63) is 40.5 Å². The van der Waals surface area contributed by atoms with Gasteiger partial charge in [0.1, 0.15) is 16.5 Å². The number of rotatable bonds is 4. The van der Waals surface area contributed by atoms with Crippen molar-refractivity contribution in [3.8, 4) is 0 Å². The monoisotopic (exact) mass is 319 g/mol. The highest BCUT2D eigenvalue weighted by molar-refractivity contribution is 7.89. The second-order valence-corrected chi connectivity index (χ2v) is 6.20. The Bertz CT molecular complexity index is 745. The van der Waals surface area contributed by atoms with Crippen LogP contribution >= 0.6 is 11.6 Å². The number of nitrogens with one attached hydrogen (secondary N) is 1. The van der Waals surface area contributed by atoms with Gasteiger partial charge in [0.15, 0.2) is 0 Å². The molecule has 0 spiro atoms. The van der Waals surface area contributed by atoms with Gasteiger partial charge in [0.25, 0.3) is 0 Å². The number of anilines is 1. The predicted octanol–water partition coefficient (Wildman–Crippen LogP) is 1.84. The van der Waals surface area contributed by atoms with Crippen molar-refractivity contribution in [1.82, 2.24) is 9.88 Å². The van der Waals surface area contributed by atoms with Crippen LogP contribution in [0.4, 0.5) is 10.1 Å². The molecule has 9 heteroatoms. The average molecular weight is 320 g/mol. The Morgan fingerprint density at radius 2 is 2.15 bits per heavy atom. The van der Waals surface area contributed by atoms with Crippen LogP contribution in [0.25, 0.3) is 0 Å². The van der Waals surface area contributed by atoms with Crippen LogP contribution in [0, 0.1) is 12.7 Å². The molecule has 20 heavy (non-hydrogen) atoms. The number of nitrogens with two attached hydrogens (primary N) is 1. The molecular weight excluding hydrogens is 309 g/mol. The standard InChI is InChI=1S/C11H11ClFN3O3S/c1-6-2-7(16-19-6)5-15-20(17,18)11-4-10(14)9(13)3-8(11)12/h2-4,15H,5,14H2,1H3. The molecular formula is C11H11ClFN3O3S. The largest absolute Gasteiger partial charge is 0.396 e. The highest BCUT2D eigenvalue weighted by atomic mass is 35.5. The van der Waals surface area contributed by atoms with Crippen LogP contribution in [-0.4, -0.2) is 13.6 Å². The maximum absolute atomic E-state index is 13.2. The lowest BCUT2D eigenvalue weighted by Gasteiger charge is -2.08. The van der Waals surface area contributed by atoms with E-state index in [-0.39, 0.29) is 22.2 Å². The number of sulfonamides is 1. The number of halogens is 2. The average Bonchev–Trinajstić information content (AvgIpc) is 2.77. The lowest BCUT2D eigenvalue weighted by molar-refractivity contribution is 0.390. The van der Waals surface area contributed by atoms with E-state index in [2.05, 4.69) is 9.88 Å². The van der Waals surface area contributed by atoms with Crippen LogP contribution < -0.4 is 10.5 Å². The van der Waals surface area contributed by atoms with Crippen LogP contribution in [0.3, 0.4) is 0 Å². The zero-order chi connectivity index (χ0) is 14.9. The predicted molar refractivity (Wildman–Crippen MR) is 71.1 cm³/mol. The summed E-state index contributed by atoms with van der Waals surface area (Å²) in [5.41, 5.74) is 5.46. The Morgan fingerprint density at radius 3 is 2.75 bits per heavy atom. The maximum Gasteiger partial charge on any atom is 0.242 e. The highest BCUT2D eigenvalue weighted by Gasteiger charge is 2.20. The van der Waals surface area contributed by atoms with E-state index in [0.717, 1.165) is 12.1 Å². The van der Waals surface area contributed by atoms with Crippen molar-refractivity contribution >= 4 is 27.3 Å². The van der Waals surface area contributed by atoms with Gasteiger partial charge in [-0.2, -0.15) is 0 Å². The third-order valence-corrected chi connectivity index (χ3v) is 4.33. The summed E-state index contributed by atoms with van der Waals surface area (Å²) in [6.07, 6.45) is 0. The van der Waals surface area contributed by atoms with Crippen LogP contribution in [0.1, 0.15) is 11.5 Å². The van der Waals surface area contributed by atoms with Gasteiger partial charge < -0.3 is 10.3 Å². The van der Waals surface area contributed by atoms with E-state index >= 15 is 0 Å². The van der Waals surface area contributed by atoms with Gasteiger partial charge in [0, 0.05) is 6.07 Å². The van der Waals surface area contributed by atoms with Crippen molar-refractivity contribution in [2.75, 3.05) is 5.73 Å². The van der Waals surface area contributed by atoms with Crippen molar-refractivity contribution in [2.45, 2.75) is 18.4 Å². The first-order valence-corrected chi connectivity index (χ1v) is 7.32. The molecule has 0 radical (unpaired) electrons. The molecule has 1 aromatic heterocycles. The molecule has 2 rings (SSSR count). The molecule has 0 amide bonds. The third-order valence-electron chi connectivity index (χ3n) is 2.46. The third kappa shape index (κ3) is 3.09. The first-order valence-electron chi connectivity index (χ1n) is 5.46. The van der Waals surface area contributed by atoms with E-state index in [1.807, 2.05) is 0 Å². The Labute approximate surface area is 119 Å². The number of aromatic nitrogens is 1. The summed E-state index contributed by atoms with van der Waals surface area (Å²) in [7, 11) is -3.93. The lowest BCUT2D eigenvalue weighted by atomic mass is 10.3. The van der Waals surface area contributed by atoms with Crippen LogP contribution in [0.5, 0.6) is 0 Å². The van der Waals surface area contributed by atoms with Gasteiger partial charge in [-0.3, -0.25) is 0 Å². The summed E-state index contributed by atoms with van der Waals surface area (Å²) in [5.74, 6) is -0.218. The molecule has 1 aromatic carbocycles. The summed E-state index contributed by atoms with van der Waals surface area (Å²) in [6.45, 7) is 1.61. The smallest absolute Gasteiger partial charge is 0.242 e. The van der Waals surface area contributed by atoms with E-state index in [4.69, 9.17) is 21.9 Å². The van der Waals surface area contributed by atoms with Gasteiger partial charge in [-0.1, -0.05) is 16.8 Å². The molecule has 6 nitrogen and oxygen atoms in total. The summed E-state index contributed by atoms with van der Waals surface area (Å²) in [4.78, 5) is -0.293. The molecule has 0 fully saturated rings. The van der Waals surface area contributed by atoms with Crippen LogP contribution in [0.2, 0.25) is 5.02 Å². The molecule has 0 unspecified atom stereocenters. The molecule has 0 aliphatic heterocycles. The summed E-state index contributed by atoms with van der Waals surface area (Å²) in [5, 5.41) is 3.40. The SMILES string of the molecule is Cc1cc(CNS(=O)(=O)c2cc(N)c(F)cc2Cl)no1. The molecule has 0 aliphatic rings. The molecule has 0 bridgehead atoms. The van der Waals surface area contributed by atoms with Crippen LogP contribution in [0.15, 0.2) is 27.6 Å². The molecule has 2 aromatic rings. The lowest BCUT2D eigenvalue weighted by Crippen LogP contribution is -2.24. The zero-order valence-electron chi connectivity index (χ0n) is 10.4. The van der Waals surface area contributed by atoms with Crippen LogP contribution in [-0.2, 0) is 16.6 Å². The van der Waals surface area contributed by atoms with Gasteiger partial charge >= 0.3 is 0 Å². The van der Waals surface area contributed by atoms with E-state index in [1.54, 1.807) is 13.0 Å². The Balaban J connectivity index is 2.24. The van der Waals surface area contributed by atoms with Gasteiger partial charge in [-0.05, 0) is 19.1 Å². The number of benzene rings is 1. The van der Waals surface area contributed by atoms with Crippen molar-refractivity contribution < 1.29 is 17.3 Å². The fourth-order valence-electron chi connectivity index (χ4n) is 1.50. The Kier molecular flexibility index (Phi) is 3.98. The van der Waals surface area contributed by atoms with Gasteiger partial charge in [0.05, 0.1) is 22.9 Å². The van der Waals surface area contributed by atoms with Crippen molar-refractivity contribution in [2.24, 2.45) is 0 Å². The quantitative estimate of drug-likeness (QED) is 0.838. The molecule has 108 valence electrons. The second kappa shape index (κ2) is 5.39. The molecule has 0 aliphatic carbocycles. The number of nitrogens with zero attached hydrogens (tertiary/aromatic N) is 1. The number of nitrogen functional groups attached to an aromatic ring is 1.